The number of nitrogens with zero attached hydrogens (tertiary/aromatic N) is 4. The van der Waals surface area contributed by atoms with Crippen LogP contribution in [0.5, 0.6) is 46.0 Å². The lowest BCUT2D eigenvalue weighted by Gasteiger charge is -2.34. The van der Waals surface area contributed by atoms with E-state index in [1.54, 1.807) is 0 Å². The summed E-state index contributed by atoms with van der Waals surface area (Å²) in [5, 5.41) is 106. The van der Waals surface area contributed by atoms with Gasteiger partial charge in [0.05, 0.1) is 75.1 Å². The highest BCUT2D eigenvalue weighted by molar-refractivity contribution is 5.68. The highest BCUT2D eigenvalue weighted by Crippen LogP contribution is 2.56. The molecular formula is C68H100N4O12. The normalized spacial score (nSPS) is 21.3. The SMILES string of the molecule is CCCCCC1c2cc(c(O)c(CN3CCOCC3)c2O)C(CCCCC)c2cc(c(O)c(CN3CCOCC3)c2O)C(CCCCC)c2cc(c(O)c(CN3CCOCC3)c2O)C(CCCCC)c2cc1c(O)c(CN1CCOCC1)c2O. The van der Waals surface area contributed by atoms with Crippen LogP contribution in [-0.2, 0) is 45.1 Å². The van der Waals surface area contributed by atoms with Crippen LogP contribution >= 0.6 is 0 Å². The van der Waals surface area contributed by atoms with E-state index < -0.39 is 23.7 Å². The maximum absolute atomic E-state index is 13.3. The van der Waals surface area contributed by atoms with Crippen molar-refractivity contribution in [3.63, 3.8) is 0 Å². The molecule has 4 aromatic carbocycles. The van der Waals surface area contributed by atoms with Gasteiger partial charge >= 0.3 is 0 Å². The first-order valence-corrected chi connectivity index (χ1v) is 32.4. The van der Waals surface area contributed by atoms with Crippen LogP contribution in [0.1, 0.15) is 221 Å². The van der Waals surface area contributed by atoms with E-state index in [2.05, 4.69) is 47.3 Å². The minimum Gasteiger partial charge on any atom is -0.507 e. The summed E-state index contributed by atoms with van der Waals surface area (Å²) in [7, 11) is 0. The van der Waals surface area contributed by atoms with Gasteiger partial charge in [0, 0.05) is 147 Å². The Morgan fingerprint density at radius 3 is 0.607 bits per heavy atom. The molecule has 0 atom stereocenters. The Morgan fingerprint density at radius 1 is 0.286 bits per heavy atom. The van der Waals surface area contributed by atoms with Gasteiger partial charge in [0.1, 0.15) is 46.0 Å². The summed E-state index contributed by atoms with van der Waals surface area (Å²) in [6.45, 7) is 18.2. The number of fused-ring (bicyclic) bond motifs is 8. The zero-order chi connectivity index (χ0) is 59.3. The summed E-state index contributed by atoms with van der Waals surface area (Å²) >= 11 is 0. The summed E-state index contributed by atoms with van der Waals surface area (Å²) in [4.78, 5) is 8.74. The fourth-order valence-corrected chi connectivity index (χ4v) is 14.0. The lowest BCUT2D eigenvalue weighted by atomic mass is 9.74. The number of unbranched alkanes of at least 4 members (excludes halogenated alkanes) is 8. The molecule has 5 aliphatic rings. The van der Waals surface area contributed by atoms with Crippen molar-refractivity contribution in [3.05, 3.63) is 91.0 Å². The average molecular weight is 1170 g/mol. The van der Waals surface area contributed by atoms with Crippen LogP contribution in [0.4, 0.5) is 0 Å². The van der Waals surface area contributed by atoms with Gasteiger partial charge in [-0.25, -0.2) is 0 Å². The molecule has 0 amide bonds. The quantitative estimate of drug-likeness (QED) is 0.0307. The second-order valence-electron chi connectivity index (χ2n) is 24.7. The van der Waals surface area contributed by atoms with E-state index >= 15 is 0 Å². The first-order valence-electron chi connectivity index (χ1n) is 32.4. The average Bonchev–Trinajstić information content (AvgIpc) is 0.983. The lowest BCUT2D eigenvalue weighted by molar-refractivity contribution is 0.0335. The molecule has 0 unspecified atom stereocenters. The number of aromatic hydroxyl groups is 8. The largest absolute Gasteiger partial charge is 0.507 e. The molecule has 4 saturated heterocycles. The van der Waals surface area contributed by atoms with Crippen LogP contribution in [-0.4, -0.2) is 166 Å². The van der Waals surface area contributed by atoms with Gasteiger partial charge in [0.15, 0.2) is 0 Å². The molecule has 0 radical (unpaired) electrons. The molecule has 8 bridgehead atoms. The number of rotatable bonds is 24. The van der Waals surface area contributed by atoms with E-state index in [9.17, 15) is 40.9 Å². The number of benzene rings is 4. The summed E-state index contributed by atoms with van der Waals surface area (Å²) < 4.78 is 23.2. The highest BCUT2D eigenvalue weighted by Gasteiger charge is 2.38. The smallest absolute Gasteiger partial charge is 0.127 e. The molecule has 4 heterocycles. The third-order valence-corrected chi connectivity index (χ3v) is 19.0. The van der Waals surface area contributed by atoms with Gasteiger partial charge in [-0.05, 0) is 49.9 Å². The maximum Gasteiger partial charge on any atom is 0.127 e. The zero-order valence-corrected chi connectivity index (χ0v) is 51.1. The molecule has 4 aromatic rings. The topological polar surface area (TPSA) is 212 Å². The Balaban J connectivity index is 1.45. The third-order valence-electron chi connectivity index (χ3n) is 19.0. The Kier molecular flexibility index (Phi) is 23.1. The second-order valence-corrected chi connectivity index (χ2v) is 24.7. The molecule has 0 aromatic heterocycles. The van der Waals surface area contributed by atoms with E-state index in [0.717, 1.165) is 77.0 Å². The van der Waals surface area contributed by atoms with Crippen molar-refractivity contribution in [1.29, 1.82) is 0 Å². The first kappa shape index (κ1) is 63.5. The third kappa shape index (κ3) is 14.5. The van der Waals surface area contributed by atoms with Crippen molar-refractivity contribution in [2.24, 2.45) is 0 Å². The molecule has 1 aliphatic carbocycles. The number of hydrogen-bond acceptors (Lipinski definition) is 16. The molecule has 0 spiro atoms. The number of morpholine rings is 4. The number of phenolic OH excluding ortho intramolecular Hbond substituents is 8. The Labute approximate surface area is 499 Å². The van der Waals surface area contributed by atoms with Gasteiger partial charge in [-0.3, -0.25) is 19.6 Å². The van der Waals surface area contributed by atoms with Crippen molar-refractivity contribution in [2.75, 3.05) is 105 Å². The minimum absolute atomic E-state index is 0.0610. The monoisotopic (exact) mass is 1160 g/mol. The maximum atomic E-state index is 13.3. The fourth-order valence-electron chi connectivity index (χ4n) is 14.0. The fraction of sp³-hybridized carbons (Fsp3) is 0.647. The van der Waals surface area contributed by atoms with E-state index in [4.69, 9.17) is 18.9 Å². The Hall–Kier alpha value is -5.04. The molecule has 16 heteroatoms. The van der Waals surface area contributed by atoms with Crippen LogP contribution in [0.15, 0.2) is 24.3 Å². The molecule has 464 valence electrons. The molecular weight excluding hydrogens is 1060 g/mol. The number of hydrogen-bond donors (Lipinski definition) is 8. The Morgan fingerprint density at radius 2 is 0.452 bits per heavy atom. The molecule has 16 nitrogen and oxygen atoms in total. The predicted molar refractivity (Wildman–Crippen MR) is 327 cm³/mol. The van der Waals surface area contributed by atoms with Crippen LogP contribution < -0.4 is 0 Å². The summed E-state index contributed by atoms with van der Waals surface area (Å²) in [5.41, 5.74) is 5.72. The van der Waals surface area contributed by atoms with Gasteiger partial charge < -0.3 is 59.8 Å². The number of phenols is 8. The highest BCUT2D eigenvalue weighted by atomic mass is 16.5. The van der Waals surface area contributed by atoms with Crippen molar-refractivity contribution < 1.29 is 59.8 Å². The first-order chi connectivity index (χ1) is 40.9. The van der Waals surface area contributed by atoms with E-state index in [0.29, 0.717) is 198 Å². The molecule has 84 heavy (non-hydrogen) atoms. The van der Waals surface area contributed by atoms with Gasteiger partial charge in [-0.2, -0.15) is 0 Å². The van der Waals surface area contributed by atoms with E-state index in [1.165, 1.54) is 0 Å². The number of ether oxygens (including phenoxy) is 4. The van der Waals surface area contributed by atoms with E-state index in [1.807, 2.05) is 24.3 Å². The van der Waals surface area contributed by atoms with Crippen molar-refractivity contribution >= 4 is 0 Å². The van der Waals surface area contributed by atoms with Crippen LogP contribution in [0, 0.1) is 0 Å². The minimum atomic E-state index is -0.660. The van der Waals surface area contributed by atoms with Crippen LogP contribution in [0.25, 0.3) is 0 Å². The summed E-state index contributed by atoms with van der Waals surface area (Å²) in [6, 6.07) is 7.74. The van der Waals surface area contributed by atoms with Crippen LogP contribution in [0.2, 0.25) is 0 Å². The van der Waals surface area contributed by atoms with Crippen molar-refractivity contribution in [2.45, 2.75) is 180 Å². The molecule has 8 N–H and O–H groups in total. The standard InChI is InChI=1S/C68H100N4O12/c1-5-9-13-17-45-49-37-51(63(75)57(61(49)73)41-69-21-29-81-30-22-69)46(18-14-10-6-2)53-39-55(67(79)59(65(53)77)43-71-25-33-83-34-26-71)48(20-16-12-8-4)56-40-54(66(78)60(68(56)80)44-72-27-35-84-36-28-72)47(19-15-11-7-3)52-38-50(45)62(74)58(64(52)76)42-70-23-31-82-32-24-70/h37-40,45-48,73-80H,5-36,41-44H2,1-4H3. The van der Waals surface area contributed by atoms with Gasteiger partial charge in [-0.15, -0.1) is 0 Å². The van der Waals surface area contributed by atoms with Gasteiger partial charge in [-0.1, -0.05) is 105 Å². The lowest BCUT2D eigenvalue weighted by Crippen LogP contribution is -2.36. The van der Waals surface area contributed by atoms with E-state index in [-0.39, 0.29) is 72.2 Å². The predicted octanol–water partition coefficient (Wildman–Crippen LogP) is 11.8. The summed E-state index contributed by atoms with van der Waals surface area (Å²) in [6.07, 6.45) is 12.2. The van der Waals surface area contributed by atoms with Crippen molar-refractivity contribution in [1.82, 2.24) is 19.6 Å². The molecule has 4 aliphatic heterocycles. The molecule has 9 rings (SSSR count). The molecule has 0 saturated carbocycles. The van der Waals surface area contributed by atoms with Gasteiger partial charge in [0.25, 0.3) is 0 Å². The van der Waals surface area contributed by atoms with Crippen LogP contribution in [0.3, 0.4) is 0 Å². The van der Waals surface area contributed by atoms with Crippen molar-refractivity contribution in [3.8, 4) is 46.0 Å². The second kappa shape index (κ2) is 30.5. The summed E-state index contributed by atoms with van der Waals surface area (Å²) in [5.74, 6) is -3.13. The molecule has 4 fully saturated rings. The van der Waals surface area contributed by atoms with Gasteiger partial charge in [0.2, 0.25) is 0 Å². The Bertz CT molecular complexity index is 2300. The zero-order valence-electron chi connectivity index (χ0n) is 51.1.